The molecule has 2 N–H and O–H groups in total. The molecule has 6 aliphatic rings. The summed E-state index contributed by atoms with van der Waals surface area (Å²) < 4.78 is 17.5. The molecular weight excluding hydrogens is 416 g/mol. The van der Waals surface area contributed by atoms with E-state index in [9.17, 15) is 24.6 Å². The molecule has 8 heteroatoms. The Balaban J connectivity index is 1.55. The molecule has 0 aromatic rings. The maximum absolute atomic E-state index is 13.1. The summed E-state index contributed by atoms with van der Waals surface area (Å²) in [5, 5.41) is 22.9. The number of ether oxygens (including phenoxy) is 3. The Morgan fingerprint density at radius 3 is 2.53 bits per heavy atom. The predicted octanol–water partition coefficient (Wildman–Crippen LogP) is 1.07. The molecule has 10 atom stereocenters. The fraction of sp³-hybridized carbons (Fsp3) is 0.792. The minimum absolute atomic E-state index is 0.0643. The van der Waals surface area contributed by atoms with Gasteiger partial charge in [-0.3, -0.25) is 14.4 Å². The van der Waals surface area contributed by atoms with Gasteiger partial charge in [0.1, 0.15) is 11.2 Å². The number of hydrogen-bond donors (Lipinski definition) is 2. The number of aliphatic hydroxyl groups excluding tert-OH is 2. The van der Waals surface area contributed by atoms with Crippen molar-refractivity contribution in [1.29, 1.82) is 0 Å². The Bertz CT molecular complexity index is 973. The lowest BCUT2D eigenvalue weighted by Crippen LogP contribution is -2.67. The van der Waals surface area contributed by atoms with Gasteiger partial charge in [-0.05, 0) is 30.9 Å². The molecule has 0 aromatic carbocycles. The van der Waals surface area contributed by atoms with Gasteiger partial charge in [-0.15, -0.1) is 0 Å². The van der Waals surface area contributed by atoms with E-state index in [0.717, 1.165) is 0 Å². The van der Waals surface area contributed by atoms with E-state index in [-0.39, 0.29) is 17.9 Å². The standard InChI is InChI=1S/C24H30O8/c1-21-6-4-11(25)8-12(21)19(28)16(20(29)30-3)18-17-13(26)9-23(7-5-15(27)32-23)22(17,2)10-14-24(18,21)31-14/h8,13-14,16-19,26,28H,4-7,9-10H2,1-3H3/t13?,14-,16?,17?,18?,19+,21+,22+,23+,24-/m1/s1. The van der Waals surface area contributed by atoms with E-state index >= 15 is 0 Å². The number of carbonyl (C=O) groups excluding carboxylic acids is 3. The molecule has 0 bridgehead atoms. The highest BCUT2D eigenvalue weighted by atomic mass is 16.6. The lowest BCUT2D eigenvalue weighted by molar-refractivity contribution is -0.182. The first-order valence-corrected chi connectivity index (χ1v) is 11.6. The lowest BCUT2D eigenvalue weighted by Gasteiger charge is -2.59. The normalized spacial score (nSPS) is 55.3. The van der Waals surface area contributed by atoms with Crippen LogP contribution in [0, 0.1) is 28.6 Å². The molecule has 6 rings (SSSR count). The van der Waals surface area contributed by atoms with Crippen LogP contribution in [0.2, 0.25) is 0 Å². The number of epoxide rings is 1. The van der Waals surface area contributed by atoms with E-state index in [1.165, 1.54) is 13.2 Å². The minimum Gasteiger partial charge on any atom is -0.469 e. The SMILES string of the molecule is COC(=O)C1C2C3C(O)C[C@@]4(CCC(=O)O4)[C@@]3(C)C[C@H]3O[C@@]23[C@@]2(C)CCC(=O)C=C2[C@@H]1O. The number of ketones is 1. The Morgan fingerprint density at radius 2 is 1.88 bits per heavy atom. The van der Waals surface area contributed by atoms with Crippen molar-refractivity contribution >= 4 is 17.7 Å². The van der Waals surface area contributed by atoms with Crippen LogP contribution >= 0.6 is 0 Å². The average Bonchev–Trinajstić information content (AvgIpc) is 3.28. The van der Waals surface area contributed by atoms with Crippen LogP contribution in [0.4, 0.5) is 0 Å². The first-order chi connectivity index (χ1) is 15.0. The zero-order valence-corrected chi connectivity index (χ0v) is 18.6. The Hall–Kier alpha value is -1.77. The van der Waals surface area contributed by atoms with Crippen molar-refractivity contribution in [2.24, 2.45) is 28.6 Å². The number of hydrogen-bond acceptors (Lipinski definition) is 8. The van der Waals surface area contributed by atoms with Crippen molar-refractivity contribution in [3.63, 3.8) is 0 Å². The topological polar surface area (TPSA) is 123 Å². The molecule has 0 aromatic heterocycles. The third-order valence-corrected chi connectivity index (χ3v) is 10.2. The van der Waals surface area contributed by atoms with Gasteiger partial charge >= 0.3 is 11.9 Å². The Morgan fingerprint density at radius 1 is 1.12 bits per heavy atom. The van der Waals surface area contributed by atoms with Crippen molar-refractivity contribution < 1.29 is 38.8 Å². The van der Waals surface area contributed by atoms with Crippen LogP contribution in [0.3, 0.4) is 0 Å². The number of methoxy groups -OCH3 is 1. The van der Waals surface area contributed by atoms with Gasteiger partial charge in [0, 0.05) is 41.9 Å². The third-order valence-electron chi connectivity index (χ3n) is 10.2. The maximum Gasteiger partial charge on any atom is 0.312 e. The molecule has 2 heterocycles. The van der Waals surface area contributed by atoms with E-state index in [1.54, 1.807) is 0 Å². The summed E-state index contributed by atoms with van der Waals surface area (Å²) in [7, 11) is 1.29. The fourth-order valence-electron chi connectivity index (χ4n) is 8.79. The minimum atomic E-state index is -1.20. The van der Waals surface area contributed by atoms with Gasteiger partial charge in [-0.1, -0.05) is 13.8 Å². The quantitative estimate of drug-likeness (QED) is 0.453. The van der Waals surface area contributed by atoms with Gasteiger partial charge in [-0.2, -0.15) is 0 Å². The molecule has 2 aliphatic heterocycles. The predicted molar refractivity (Wildman–Crippen MR) is 108 cm³/mol. The number of esters is 2. The molecule has 0 amide bonds. The van der Waals surface area contributed by atoms with Gasteiger partial charge < -0.3 is 24.4 Å². The fourth-order valence-corrected chi connectivity index (χ4v) is 8.79. The largest absolute Gasteiger partial charge is 0.469 e. The zero-order valence-electron chi connectivity index (χ0n) is 18.6. The molecule has 5 fully saturated rings. The van der Waals surface area contributed by atoms with Gasteiger partial charge in [0.25, 0.3) is 0 Å². The second-order valence-electron chi connectivity index (χ2n) is 11.2. The maximum atomic E-state index is 13.1. The molecule has 4 aliphatic carbocycles. The van der Waals surface area contributed by atoms with Crippen LogP contribution in [0.1, 0.15) is 52.4 Å². The van der Waals surface area contributed by atoms with Crippen LogP contribution in [0.15, 0.2) is 11.6 Å². The molecule has 0 radical (unpaired) electrons. The summed E-state index contributed by atoms with van der Waals surface area (Å²) in [6, 6.07) is 0. The number of carbonyl (C=O) groups is 3. The van der Waals surface area contributed by atoms with E-state index < -0.39 is 58.0 Å². The average molecular weight is 446 g/mol. The molecule has 2 saturated heterocycles. The Kier molecular flexibility index (Phi) is 3.91. The van der Waals surface area contributed by atoms with E-state index in [1.807, 2.05) is 13.8 Å². The van der Waals surface area contributed by atoms with Gasteiger partial charge in [0.2, 0.25) is 0 Å². The van der Waals surface area contributed by atoms with Gasteiger partial charge in [0.05, 0.1) is 31.3 Å². The van der Waals surface area contributed by atoms with Crippen LogP contribution in [0.25, 0.3) is 0 Å². The summed E-state index contributed by atoms with van der Waals surface area (Å²) in [6.07, 6.45) is 1.91. The van der Waals surface area contributed by atoms with Crippen molar-refractivity contribution in [2.45, 2.75) is 81.9 Å². The highest BCUT2D eigenvalue weighted by molar-refractivity contribution is 5.92. The first kappa shape index (κ1) is 20.8. The second-order valence-corrected chi connectivity index (χ2v) is 11.2. The zero-order chi connectivity index (χ0) is 22.8. The van der Waals surface area contributed by atoms with Gasteiger partial charge in [0.15, 0.2) is 5.78 Å². The lowest BCUT2D eigenvalue weighted by atomic mass is 9.43. The summed E-state index contributed by atoms with van der Waals surface area (Å²) in [6.45, 7) is 4.06. The van der Waals surface area contributed by atoms with Crippen molar-refractivity contribution in [3.05, 3.63) is 11.6 Å². The summed E-state index contributed by atoms with van der Waals surface area (Å²) in [5.41, 5.74) is -2.24. The summed E-state index contributed by atoms with van der Waals surface area (Å²) in [4.78, 5) is 37.5. The second kappa shape index (κ2) is 6.02. The molecule has 4 unspecified atom stereocenters. The van der Waals surface area contributed by atoms with Crippen LogP contribution in [-0.2, 0) is 28.6 Å². The first-order valence-electron chi connectivity index (χ1n) is 11.6. The molecule has 8 nitrogen and oxygen atoms in total. The molecule has 32 heavy (non-hydrogen) atoms. The van der Waals surface area contributed by atoms with E-state index in [0.29, 0.717) is 44.1 Å². The third kappa shape index (κ3) is 2.08. The highest BCUT2D eigenvalue weighted by Gasteiger charge is 2.86. The summed E-state index contributed by atoms with van der Waals surface area (Å²) in [5.74, 6) is -2.80. The van der Waals surface area contributed by atoms with E-state index in [4.69, 9.17) is 14.2 Å². The van der Waals surface area contributed by atoms with Gasteiger partial charge in [-0.25, -0.2) is 0 Å². The monoisotopic (exact) mass is 446 g/mol. The van der Waals surface area contributed by atoms with E-state index in [2.05, 4.69) is 0 Å². The number of rotatable bonds is 1. The Labute approximate surface area is 186 Å². The summed E-state index contributed by atoms with van der Waals surface area (Å²) >= 11 is 0. The van der Waals surface area contributed by atoms with Crippen LogP contribution in [-0.4, -0.2) is 64.6 Å². The van der Waals surface area contributed by atoms with Crippen LogP contribution < -0.4 is 0 Å². The molecule has 174 valence electrons. The molecular formula is C24H30O8. The van der Waals surface area contributed by atoms with Crippen LogP contribution in [0.5, 0.6) is 0 Å². The van der Waals surface area contributed by atoms with Crippen molar-refractivity contribution in [3.8, 4) is 0 Å². The van der Waals surface area contributed by atoms with Crippen molar-refractivity contribution in [2.75, 3.05) is 7.11 Å². The highest BCUT2D eigenvalue weighted by Crippen LogP contribution is 2.78. The number of fused-ring (bicyclic) bond motifs is 4. The number of aliphatic hydroxyl groups is 2. The molecule has 2 spiro atoms. The smallest absolute Gasteiger partial charge is 0.312 e. The van der Waals surface area contributed by atoms with Crippen molar-refractivity contribution in [1.82, 2.24) is 0 Å². The molecule has 3 saturated carbocycles.